The lowest BCUT2D eigenvalue weighted by molar-refractivity contribution is -0.128. The molecule has 1 N–H and O–H groups in total. The molecule has 7 heteroatoms. The highest BCUT2D eigenvalue weighted by molar-refractivity contribution is 5.73. The van der Waals surface area contributed by atoms with Gasteiger partial charge in [-0.15, -0.1) is 0 Å². The van der Waals surface area contributed by atoms with Gasteiger partial charge in [-0.05, 0) is 18.4 Å². The highest BCUT2D eigenvalue weighted by atomic mass is 16.3. The second kappa shape index (κ2) is 8.29. The largest absolute Gasteiger partial charge is 0.390 e. The van der Waals surface area contributed by atoms with E-state index < -0.39 is 6.10 Å². The van der Waals surface area contributed by atoms with Gasteiger partial charge in [-0.2, -0.15) is 5.10 Å². The molecule has 0 saturated carbocycles. The monoisotopic (exact) mass is 349 g/mol. The fourth-order valence-corrected chi connectivity index (χ4v) is 4.24. The number of aromatic nitrogens is 2. The molecule has 3 atom stereocenters. The van der Waals surface area contributed by atoms with Crippen molar-refractivity contribution in [3.8, 4) is 0 Å². The van der Waals surface area contributed by atoms with Crippen LogP contribution in [-0.2, 0) is 11.3 Å². The van der Waals surface area contributed by atoms with E-state index in [4.69, 9.17) is 0 Å². The molecular weight excluding hydrogens is 318 g/mol. The van der Waals surface area contributed by atoms with Crippen LogP contribution in [-0.4, -0.2) is 93.5 Å². The molecule has 1 aromatic rings. The van der Waals surface area contributed by atoms with E-state index >= 15 is 0 Å². The Kier molecular flexibility index (Phi) is 6.09. The van der Waals surface area contributed by atoms with Gasteiger partial charge >= 0.3 is 0 Å². The van der Waals surface area contributed by atoms with Crippen LogP contribution in [0.1, 0.15) is 20.3 Å². The number of nitrogens with zero attached hydrogens (tertiary/aromatic N) is 5. The summed E-state index contributed by atoms with van der Waals surface area (Å²) in [5.41, 5.74) is 0. The summed E-state index contributed by atoms with van der Waals surface area (Å²) in [5.74, 6) is 0.769. The van der Waals surface area contributed by atoms with Gasteiger partial charge in [0.15, 0.2) is 0 Å². The minimum Gasteiger partial charge on any atom is -0.390 e. The Balaban J connectivity index is 1.50. The first-order valence-electron chi connectivity index (χ1n) is 9.40. The lowest BCUT2D eigenvalue weighted by atomic mass is 10.0. The molecule has 2 aliphatic rings. The zero-order valence-electron chi connectivity index (χ0n) is 15.4. The summed E-state index contributed by atoms with van der Waals surface area (Å²) in [6.07, 6.45) is 4.27. The van der Waals surface area contributed by atoms with Gasteiger partial charge in [-0.1, -0.05) is 6.92 Å². The van der Waals surface area contributed by atoms with E-state index in [0.717, 1.165) is 45.7 Å². The molecule has 3 unspecified atom stereocenters. The van der Waals surface area contributed by atoms with Crippen LogP contribution in [0.15, 0.2) is 18.5 Å². The van der Waals surface area contributed by atoms with Crippen molar-refractivity contribution in [3.05, 3.63) is 18.5 Å². The van der Waals surface area contributed by atoms with Crippen molar-refractivity contribution < 1.29 is 9.90 Å². The molecule has 2 fully saturated rings. The van der Waals surface area contributed by atoms with Crippen LogP contribution in [0.3, 0.4) is 0 Å². The smallest absolute Gasteiger partial charge is 0.219 e. The summed E-state index contributed by atoms with van der Waals surface area (Å²) >= 11 is 0. The van der Waals surface area contributed by atoms with E-state index in [2.05, 4.69) is 21.8 Å². The zero-order valence-corrected chi connectivity index (χ0v) is 15.4. The van der Waals surface area contributed by atoms with Crippen molar-refractivity contribution in [1.82, 2.24) is 24.5 Å². The Morgan fingerprint density at radius 1 is 1.24 bits per heavy atom. The third-order valence-corrected chi connectivity index (χ3v) is 5.52. The van der Waals surface area contributed by atoms with Crippen molar-refractivity contribution in [3.63, 3.8) is 0 Å². The molecule has 7 nitrogen and oxygen atoms in total. The molecule has 3 rings (SSSR count). The lowest BCUT2D eigenvalue weighted by Crippen LogP contribution is -2.43. The summed E-state index contributed by atoms with van der Waals surface area (Å²) in [4.78, 5) is 18.5. The minimum atomic E-state index is -0.400. The quantitative estimate of drug-likeness (QED) is 0.818. The van der Waals surface area contributed by atoms with Crippen LogP contribution >= 0.6 is 0 Å². The number of amides is 1. The highest BCUT2D eigenvalue weighted by Gasteiger charge is 2.35. The van der Waals surface area contributed by atoms with Gasteiger partial charge in [0.25, 0.3) is 0 Å². The summed E-state index contributed by atoms with van der Waals surface area (Å²) in [6.45, 7) is 10.9. The fraction of sp³-hybridized carbons (Fsp3) is 0.778. The molecule has 0 aromatic carbocycles. The van der Waals surface area contributed by atoms with Crippen LogP contribution < -0.4 is 0 Å². The maximum atomic E-state index is 11.6. The number of aliphatic hydroxyl groups excluding tert-OH is 1. The van der Waals surface area contributed by atoms with E-state index in [-0.39, 0.29) is 5.91 Å². The number of hydrogen-bond donors (Lipinski definition) is 1. The molecule has 3 heterocycles. The third kappa shape index (κ3) is 4.80. The average Bonchev–Trinajstić information content (AvgIpc) is 3.10. The van der Waals surface area contributed by atoms with Crippen LogP contribution in [0, 0.1) is 5.92 Å². The van der Waals surface area contributed by atoms with Gasteiger partial charge in [0.1, 0.15) is 0 Å². The number of β-amino-alcohol motifs (C(OH)–C–C–N with tert-alkyl or cyclic N) is 1. The van der Waals surface area contributed by atoms with Gasteiger partial charge in [0.2, 0.25) is 5.91 Å². The van der Waals surface area contributed by atoms with Gasteiger partial charge in [0, 0.05) is 71.2 Å². The Labute approximate surface area is 150 Å². The van der Waals surface area contributed by atoms with Crippen molar-refractivity contribution in [2.75, 3.05) is 45.8 Å². The first kappa shape index (κ1) is 18.4. The number of aliphatic hydroxyl groups is 1. The average molecular weight is 349 g/mol. The molecule has 0 radical (unpaired) electrons. The van der Waals surface area contributed by atoms with Crippen LogP contribution in [0.2, 0.25) is 0 Å². The number of hydrogen-bond acceptors (Lipinski definition) is 5. The Morgan fingerprint density at radius 3 is 2.80 bits per heavy atom. The van der Waals surface area contributed by atoms with Crippen LogP contribution in [0.4, 0.5) is 0 Å². The van der Waals surface area contributed by atoms with Gasteiger partial charge < -0.3 is 10.0 Å². The normalized spacial score (nSPS) is 27.4. The molecular formula is C18H31N5O2. The van der Waals surface area contributed by atoms with E-state index in [1.54, 1.807) is 17.8 Å². The zero-order chi connectivity index (χ0) is 17.8. The number of rotatable bonds is 5. The Morgan fingerprint density at radius 2 is 2.08 bits per heavy atom. The molecule has 0 bridgehead atoms. The van der Waals surface area contributed by atoms with Crippen LogP contribution in [0.5, 0.6) is 0 Å². The predicted molar refractivity (Wildman–Crippen MR) is 96.1 cm³/mol. The van der Waals surface area contributed by atoms with Crippen molar-refractivity contribution in [2.24, 2.45) is 5.92 Å². The van der Waals surface area contributed by atoms with Crippen molar-refractivity contribution in [2.45, 2.75) is 39.0 Å². The van der Waals surface area contributed by atoms with Gasteiger partial charge in [-0.25, -0.2) is 0 Å². The summed E-state index contributed by atoms with van der Waals surface area (Å²) in [7, 11) is 0. The van der Waals surface area contributed by atoms with E-state index in [1.165, 1.54) is 0 Å². The molecule has 2 aliphatic heterocycles. The third-order valence-electron chi connectivity index (χ3n) is 5.52. The maximum Gasteiger partial charge on any atom is 0.219 e. The fourth-order valence-electron chi connectivity index (χ4n) is 4.24. The Bertz CT molecular complexity index is 550. The summed E-state index contributed by atoms with van der Waals surface area (Å²) < 4.78 is 1.78. The van der Waals surface area contributed by atoms with Crippen molar-refractivity contribution >= 4 is 5.91 Å². The second-order valence-corrected chi connectivity index (χ2v) is 7.54. The second-order valence-electron chi connectivity index (χ2n) is 7.54. The molecule has 25 heavy (non-hydrogen) atoms. The molecule has 0 aliphatic carbocycles. The number of carbonyl (C=O) groups is 1. The van der Waals surface area contributed by atoms with E-state index in [1.807, 2.05) is 17.2 Å². The van der Waals surface area contributed by atoms with E-state index in [9.17, 15) is 9.90 Å². The maximum absolute atomic E-state index is 11.6. The molecule has 140 valence electrons. The highest BCUT2D eigenvalue weighted by Crippen LogP contribution is 2.23. The SMILES string of the molecule is CC(=O)N1CCCN(C2CN(CC(O)Cn3cccn3)CC2C)CC1. The molecule has 1 amide bonds. The standard InChI is InChI=1S/C18H31N5O2/c1-15-11-20(12-17(25)13-23-8-3-5-19-23)14-18(15)22-7-4-6-21(9-10-22)16(2)24/h3,5,8,15,17-18,25H,4,6-7,9-14H2,1-2H3. The molecule has 1 aromatic heterocycles. The molecule has 0 spiro atoms. The first-order valence-corrected chi connectivity index (χ1v) is 9.40. The Hall–Kier alpha value is -1.44. The molecule has 2 saturated heterocycles. The number of carbonyl (C=O) groups excluding carboxylic acids is 1. The van der Waals surface area contributed by atoms with Gasteiger partial charge in [0.05, 0.1) is 12.6 Å². The number of likely N-dealkylation sites (tertiary alicyclic amines) is 1. The first-order chi connectivity index (χ1) is 12.0. The predicted octanol–water partition coefficient (Wildman–Crippen LogP) is 0.119. The summed E-state index contributed by atoms with van der Waals surface area (Å²) in [5, 5.41) is 14.5. The van der Waals surface area contributed by atoms with Crippen molar-refractivity contribution in [1.29, 1.82) is 0 Å². The topological polar surface area (TPSA) is 64.8 Å². The van der Waals surface area contributed by atoms with E-state index in [0.29, 0.717) is 25.0 Å². The lowest BCUT2D eigenvalue weighted by Gasteiger charge is -2.30. The summed E-state index contributed by atoms with van der Waals surface area (Å²) in [6, 6.07) is 2.40. The van der Waals surface area contributed by atoms with Gasteiger partial charge in [-0.3, -0.25) is 19.3 Å². The minimum absolute atomic E-state index is 0.185. The van der Waals surface area contributed by atoms with Crippen LogP contribution in [0.25, 0.3) is 0 Å².